The van der Waals surface area contributed by atoms with Gasteiger partial charge in [0, 0.05) is 40.8 Å². The summed E-state index contributed by atoms with van der Waals surface area (Å²) >= 11 is 0. The highest BCUT2D eigenvalue weighted by Crippen LogP contribution is 2.31. The minimum atomic E-state index is -4.38. The Balaban J connectivity index is 1.53. The Labute approximate surface area is 181 Å². The summed E-state index contributed by atoms with van der Waals surface area (Å²) in [4.78, 5) is 19.7. The number of benzene rings is 1. The van der Waals surface area contributed by atoms with Crippen LogP contribution in [0.2, 0.25) is 0 Å². The standard InChI is InChI=1S/C22H20F3N5O2/c1-21(2,3)32-20(31)30-12-14(11-27-30)17-8-13-10-26-19(9-18(13)29-17)28-16-6-4-15(5-7-16)22(23,24)25/h4-12,29H,1-3H3,(H,26,28). The number of nitrogens with one attached hydrogen (secondary N) is 2. The maximum absolute atomic E-state index is 12.7. The number of alkyl halides is 3. The van der Waals surface area contributed by atoms with E-state index in [1.54, 1.807) is 45.4 Å². The molecular formula is C22H20F3N5O2. The number of aromatic amines is 1. The van der Waals surface area contributed by atoms with E-state index in [-0.39, 0.29) is 0 Å². The zero-order valence-electron chi connectivity index (χ0n) is 17.5. The molecule has 0 spiro atoms. The lowest BCUT2D eigenvalue weighted by atomic mass is 10.2. The van der Waals surface area contributed by atoms with Crippen LogP contribution < -0.4 is 5.32 Å². The number of carbonyl (C=O) groups is 1. The third-order valence-electron chi connectivity index (χ3n) is 4.46. The SMILES string of the molecule is CC(C)(C)OC(=O)n1cc(-c2cc3cnc(Nc4ccc(C(F)(F)F)cc4)cc3[nH]2)cn1. The third kappa shape index (κ3) is 4.74. The van der Waals surface area contributed by atoms with Gasteiger partial charge in [0.1, 0.15) is 11.4 Å². The van der Waals surface area contributed by atoms with Crippen molar-refractivity contribution in [2.75, 3.05) is 5.32 Å². The molecule has 166 valence electrons. The molecule has 0 aliphatic heterocycles. The van der Waals surface area contributed by atoms with Gasteiger partial charge in [-0.15, -0.1) is 0 Å². The predicted octanol–water partition coefficient (Wildman–Crippen LogP) is 5.97. The number of fused-ring (bicyclic) bond motifs is 1. The molecule has 0 unspecified atom stereocenters. The molecule has 1 aromatic carbocycles. The molecule has 0 aliphatic carbocycles. The average molecular weight is 443 g/mol. The fourth-order valence-electron chi connectivity index (χ4n) is 3.01. The molecule has 0 atom stereocenters. The highest BCUT2D eigenvalue weighted by molar-refractivity contribution is 5.87. The summed E-state index contributed by atoms with van der Waals surface area (Å²) in [5.41, 5.74) is 1.30. The zero-order chi connectivity index (χ0) is 23.1. The largest absolute Gasteiger partial charge is 0.442 e. The van der Waals surface area contributed by atoms with Crippen LogP contribution in [0.4, 0.5) is 29.5 Å². The topological polar surface area (TPSA) is 84.8 Å². The number of pyridine rings is 1. The maximum atomic E-state index is 12.7. The second kappa shape index (κ2) is 7.70. The second-order valence-electron chi connectivity index (χ2n) is 8.19. The fourth-order valence-corrected chi connectivity index (χ4v) is 3.01. The van der Waals surface area contributed by atoms with Gasteiger partial charge < -0.3 is 15.0 Å². The van der Waals surface area contributed by atoms with E-state index in [2.05, 4.69) is 20.4 Å². The molecule has 0 amide bonds. The molecule has 4 rings (SSSR count). The average Bonchev–Trinajstić information content (AvgIpc) is 3.33. The van der Waals surface area contributed by atoms with Crippen LogP contribution in [-0.4, -0.2) is 31.4 Å². The molecule has 7 nitrogen and oxygen atoms in total. The first-order chi connectivity index (χ1) is 15.0. The molecule has 0 fully saturated rings. The van der Waals surface area contributed by atoms with Gasteiger partial charge in [-0.3, -0.25) is 0 Å². The van der Waals surface area contributed by atoms with E-state index >= 15 is 0 Å². The third-order valence-corrected chi connectivity index (χ3v) is 4.46. The van der Waals surface area contributed by atoms with Crippen molar-refractivity contribution in [1.82, 2.24) is 19.7 Å². The van der Waals surface area contributed by atoms with Crippen LogP contribution in [0.1, 0.15) is 26.3 Å². The van der Waals surface area contributed by atoms with E-state index in [1.807, 2.05) is 6.07 Å². The number of carbonyl (C=O) groups excluding carboxylic acids is 1. The Kier molecular flexibility index (Phi) is 5.15. The molecule has 4 aromatic rings. The number of anilines is 2. The summed E-state index contributed by atoms with van der Waals surface area (Å²) in [7, 11) is 0. The number of ether oxygens (including phenoxy) is 1. The summed E-state index contributed by atoms with van der Waals surface area (Å²) in [6.07, 6.45) is -0.213. The van der Waals surface area contributed by atoms with Crippen molar-refractivity contribution < 1.29 is 22.7 Å². The van der Waals surface area contributed by atoms with Gasteiger partial charge in [-0.2, -0.15) is 23.0 Å². The van der Waals surface area contributed by atoms with Crippen LogP contribution >= 0.6 is 0 Å². The fraction of sp³-hybridized carbons (Fsp3) is 0.227. The van der Waals surface area contributed by atoms with Crippen molar-refractivity contribution in [3.63, 3.8) is 0 Å². The lowest BCUT2D eigenvalue weighted by Crippen LogP contribution is -2.27. The van der Waals surface area contributed by atoms with Crippen molar-refractivity contribution >= 4 is 28.5 Å². The minimum Gasteiger partial charge on any atom is -0.442 e. The van der Waals surface area contributed by atoms with E-state index in [0.29, 0.717) is 17.1 Å². The van der Waals surface area contributed by atoms with Gasteiger partial charge in [-0.1, -0.05) is 0 Å². The van der Waals surface area contributed by atoms with Crippen LogP contribution in [0, 0.1) is 0 Å². The van der Waals surface area contributed by atoms with E-state index in [0.717, 1.165) is 33.4 Å². The number of H-pyrrole nitrogens is 1. The van der Waals surface area contributed by atoms with Gasteiger partial charge in [-0.05, 0) is 51.1 Å². The Morgan fingerprint density at radius 3 is 2.47 bits per heavy atom. The first kappa shape index (κ1) is 21.4. The van der Waals surface area contributed by atoms with Crippen LogP contribution in [0.25, 0.3) is 22.2 Å². The van der Waals surface area contributed by atoms with Gasteiger partial charge in [0.15, 0.2) is 0 Å². The molecule has 3 aromatic heterocycles. The molecule has 0 saturated heterocycles. The first-order valence-corrected chi connectivity index (χ1v) is 9.69. The van der Waals surface area contributed by atoms with Crippen LogP contribution in [0.5, 0.6) is 0 Å². The molecule has 0 radical (unpaired) electrons. The number of hydrogen-bond donors (Lipinski definition) is 2. The highest BCUT2D eigenvalue weighted by atomic mass is 19.4. The highest BCUT2D eigenvalue weighted by Gasteiger charge is 2.30. The zero-order valence-corrected chi connectivity index (χ0v) is 17.5. The number of rotatable bonds is 3. The van der Waals surface area contributed by atoms with Gasteiger partial charge in [0.05, 0.1) is 17.3 Å². The Morgan fingerprint density at radius 2 is 1.81 bits per heavy atom. The number of halogens is 3. The van der Waals surface area contributed by atoms with Gasteiger partial charge in [-0.25, -0.2) is 9.78 Å². The maximum Gasteiger partial charge on any atom is 0.435 e. The number of hydrogen-bond acceptors (Lipinski definition) is 5. The van der Waals surface area contributed by atoms with Crippen LogP contribution in [0.3, 0.4) is 0 Å². The van der Waals surface area contributed by atoms with Crippen molar-refractivity contribution in [2.45, 2.75) is 32.5 Å². The Hall–Kier alpha value is -3.82. The lowest BCUT2D eigenvalue weighted by Gasteiger charge is -2.18. The molecule has 10 heteroatoms. The summed E-state index contributed by atoms with van der Waals surface area (Å²) in [6, 6.07) is 8.32. The molecule has 2 N–H and O–H groups in total. The van der Waals surface area contributed by atoms with E-state index in [4.69, 9.17) is 4.74 Å². The van der Waals surface area contributed by atoms with Crippen molar-refractivity contribution in [3.05, 3.63) is 60.6 Å². The van der Waals surface area contributed by atoms with E-state index in [1.165, 1.54) is 12.1 Å². The van der Waals surface area contributed by atoms with Crippen LogP contribution in [0.15, 0.2) is 55.0 Å². The molecule has 0 aliphatic rings. The monoisotopic (exact) mass is 443 g/mol. The van der Waals surface area contributed by atoms with E-state index < -0.39 is 23.4 Å². The number of aromatic nitrogens is 4. The second-order valence-corrected chi connectivity index (χ2v) is 8.19. The Morgan fingerprint density at radius 1 is 1.09 bits per heavy atom. The van der Waals surface area contributed by atoms with Crippen molar-refractivity contribution in [1.29, 1.82) is 0 Å². The summed E-state index contributed by atoms with van der Waals surface area (Å²) in [6.45, 7) is 5.32. The predicted molar refractivity (Wildman–Crippen MR) is 114 cm³/mol. The van der Waals surface area contributed by atoms with Crippen molar-refractivity contribution in [3.8, 4) is 11.3 Å². The Bertz CT molecular complexity index is 1270. The smallest absolute Gasteiger partial charge is 0.435 e. The van der Waals surface area contributed by atoms with Gasteiger partial charge >= 0.3 is 12.3 Å². The molecular weight excluding hydrogens is 423 g/mol. The lowest BCUT2D eigenvalue weighted by molar-refractivity contribution is -0.137. The quantitative estimate of drug-likeness (QED) is 0.407. The van der Waals surface area contributed by atoms with Crippen molar-refractivity contribution in [2.24, 2.45) is 0 Å². The molecule has 0 bridgehead atoms. The first-order valence-electron chi connectivity index (χ1n) is 9.69. The van der Waals surface area contributed by atoms with E-state index in [9.17, 15) is 18.0 Å². The summed E-state index contributed by atoms with van der Waals surface area (Å²) in [5, 5.41) is 7.87. The minimum absolute atomic E-state index is 0.468. The normalized spacial score (nSPS) is 12.2. The summed E-state index contributed by atoms with van der Waals surface area (Å²) in [5.74, 6) is 0.468. The number of nitrogens with zero attached hydrogens (tertiary/aromatic N) is 3. The van der Waals surface area contributed by atoms with Gasteiger partial charge in [0.2, 0.25) is 0 Å². The molecule has 32 heavy (non-hydrogen) atoms. The van der Waals surface area contributed by atoms with Gasteiger partial charge in [0.25, 0.3) is 0 Å². The van der Waals surface area contributed by atoms with Crippen LogP contribution in [-0.2, 0) is 10.9 Å². The molecule has 3 heterocycles. The molecule has 0 saturated carbocycles. The summed E-state index contributed by atoms with van der Waals surface area (Å²) < 4.78 is 44.6.